The van der Waals surface area contributed by atoms with Crippen LogP contribution in [0.2, 0.25) is 0 Å². The zero-order chi connectivity index (χ0) is 19.7. The molecular weight excluding hydrogens is 362 g/mol. The van der Waals surface area contributed by atoms with Crippen molar-refractivity contribution in [3.8, 4) is 0 Å². The lowest BCUT2D eigenvalue weighted by atomic mass is 9.92. The molecule has 2 atom stereocenters. The first kappa shape index (κ1) is 19.1. The number of amides is 1. The number of carbonyl (C=O) groups is 1. The number of hydrogen-bond acceptors (Lipinski definition) is 3. The highest BCUT2D eigenvalue weighted by Gasteiger charge is 2.42. The summed E-state index contributed by atoms with van der Waals surface area (Å²) in [5.41, 5.74) is 2.41. The predicted molar refractivity (Wildman–Crippen MR) is 104 cm³/mol. The second-order valence-corrected chi connectivity index (χ2v) is 7.91. The third kappa shape index (κ3) is 4.41. The van der Waals surface area contributed by atoms with Gasteiger partial charge in [-0.25, -0.2) is 8.78 Å². The molecule has 1 heterocycles. The Morgan fingerprint density at radius 3 is 2.82 bits per heavy atom. The van der Waals surface area contributed by atoms with E-state index in [0.29, 0.717) is 36.1 Å². The summed E-state index contributed by atoms with van der Waals surface area (Å²) in [6.07, 6.45) is 5.45. The van der Waals surface area contributed by atoms with Crippen LogP contribution in [0.3, 0.4) is 0 Å². The molecule has 7 heteroatoms. The van der Waals surface area contributed by atoms with E-state index in [1.165, 1.54) is 0 Å². The van der Waals surface area contributed by atoms with Gasteiger partial charge in [0.1, 0.15) is 0 Å². The van der Waals surface area contributed by atoms with Crippen LogP contribution in [0.5, 0.6) is 0 Å². The largest absolute Gasteiger partial charge is 0.319 e. The Hall–Kier alpha value is -2.28. The zero-order valence-electron chi connectivity index (χ0n) is 16.0. The molecule has 28 heavy (non-hydrogen) atoms. The van der Waals surface area contributed by atoms with E-state index >= 15 is 0 Å². The van der Waals surface area contributed by atoms with Gasteiger partial charge in [-0.1, -0.05) is 12.1 Å². The third-order valence-corrected chi connectivity index (χ3v) is 5.75. The van der Waals surface area contributed by atoms with Crippen molar-refractivity contribution in [2.75, 3.05) is 5.32 Å². The maximum Gasteiger partial charge on any atom is 0.255 e. The van der Waals surface area contributed by atoms with Crippen LogP contribution in [0, 0.1) is 0 Å². The van der Waals surface area contributed by atoms with Crippen LogP contribution in [0.1, 0.15) is 60.9 Å². The molecule has 0 bridgehead atoms. The average molecular weight is 388 g/mol. The fraction of sp³-hybridized carbons (Fsp3) is 0.524. The monoisotopic (exact) mass is 388 g/mol. The fourth-order valence-corrected chi connectivity index (χ4v) is 3.97. The number of aryl methyl sites for hydroxylation is 1. The highest BCUT2D eigenvalue weighted by Crippen LogP contribution is 2.43. The van der Waals surface area contributed by atoms with Crippen LogP contribution in [0.15, 0.2) is 36.7 Å². The highest BCUT2D eigenvalue weighted by atomic mass is 19.3. The number of rotatable bonds is 6. The smallest absolute Gasteiger partial charge is 0.255 e. The number of benzene rings is 1. The zero-order valence-corrected chi connectivity index (χ0v) is 16.0. The number of anilines is 1. The van der Waals surface area contributed by atoms with Gasteiger partial charge in [-0.05, 0) is 43.9 Å². The Labute approximate surface area is 163 Å². The van der Waals surface area contributed by atoms with Gasteiger partial charge >= 0.3 is 0 Å². The molecule has 1 aromatic heterocycles. The van der Waals surface area contributed by atoms with Gasteiger partial charge < -0.3 is 10.6 Å². The average Bonchev–Trinajstić information content (AvgIpc) is 3.31. The van der Waals surface area contributed by atoms with Crippen molar-refractivity contribution in [2.24, 2.45) is 0 Å². The number of nitrogens with one attached hydrogen (secondary N) is 2. The Balaban J connectivity index is 1.33. The molecule has 2 saturated carbocycles. The van der Waals surface area contributed by atoms with E-state index in [4.69, 9.17) is 0 Å². The molecule has 2 aromatic rings. The van der Waals surface area contributed by atoms with Crippen molar-refractivity contribution in [3.63, 3.8) is 0 Å². The van der Waals surface area contributed by atoms with Crippen LogP contribution in [-0.4, -0.2) is 33.7 Å². The topological polar surface area (TPSA) is 59.0 Å². The highest BCUT2D eigenvalue weighted by molar-refractivity contribution is 6.04. The lowest BCUT2D eigenvalue weighted by Crippen LogP contribution is -2.38. The number of halogens is 2. The molecular formula is C21H26F2N4O. The van der Waals surface area contributed by atoms with Gasteiger partial charge in [-0.3, -0.25) is 9.48 Å². The van der Waals surface area contributed by atoms with E-state index in [-0.39, 0.29) is 24.8 Å². The summed E-state index contributed by atoms with van der Waals surface area (Å²) in [6.45, 7) is 2.74. The minimum atomic E-state index is -2.49. The number of aromatic nitrogens is 2. The molecule has 1 aromatic carbocycles. The van der Waals surface area contributed by atoms with Gasteiger partial charge in [0.15, 0.2) is 0 Å². The van der Waals surface area contributed by atoms with Gasteiger partial charge in [-0.2, -0.15) is 5.10 Å². The molecule has 0 spiro atoms. The Morgan fingerprint density at radius 2 is 2.11 bits per heavy atom. The first-order chi connectivity index (χ1) is 13.4. The minimum absolute atomic E-state index is 0.0215. The summed E-state index contributed by atoms with van der Waals surface area (Å²) >= 11 is 0. The van der Waals surface area contributed by atoms with Crippen molar-refractivity contribution in [2.45, 2.75) is 69.5 Å². The van der Waals surface area contributed by atoms with Gasteiger partial charge in [-0.15, -0.1) is 0 Å². The molecule has 4 rings (SSSR count). The fourth-order valence-electron chi connectivity index (χ4n) is 3.97. The van der Waals surface area contributed by atoms with Gasteiger partial charge in [0, 0.05) is 49.1 Å². The minimum Gasteiger partial charge on any atom is -0.319 e. The Bertz CT molecular complexity index is 840. The first-order valence-corrected chi connectivity index (χ1v) is 10.0. The molecule has 1 amide bonds. The van der Waals surface area contributed by atoms with E-state index < -0.39 is 5.92 Å². The number of alkyl halides is 2. The maximum atomic E-state index is 13.3. The Morgan fingerprint density at radius 1 is 1.32 bits per heavy atom. The van der Waals surface area contributed by atoms with E-state index in [1.54, 1.807) is 23.1 Å². The summed E-state index contributed by atoms with van der Waals surface area (Å²) in [5.74, 6) is -2.30. The Kier molecular flexibility index (Phi) is 5.19. The van der Waals surface area contributed by atoms with E-state index in [1.807, 2.05) is 25.1 Å². The lowest BCUT2D eigenvalue weighted by Gasteiger charge is -2.29. The number of carbonyl (C=O) groups excluding carboxylic acids is 1. The predicted octanol–water partition coefficient (Wildman–Crippen LogP) is 4.18. The SMILES string of the molecule is CCn1cc(NC(=O)c2cccc([C@@H]3C[C@H]3NC3CCC(F)(F)CC3)c2)cn1. The van der Waals surface area contributed by atoms with Crippen LogP contribution in [0.25, 0.3) is 0 Å². The summed E-state index contributed by atoms with van der Waals surface area (Å²) < 4.78 is 28.4. The standard InChI is InChI=1S/C21H26F2N4O/c1-2-27-13-17(12-24-27)26-20(28)15-5-3-4-14(10-15)18-11-19(18)25-16-6-8-21(22,23)9-7-16/h3-5,10,12-13,16,18-19,25H,2,6-9,11H2,1H3,(H,26,28)/t18-,19+/m0/s1. The molecule has 2 N–H and O–H groups in total. The molecule has 2 fully saturated rings. The van der Waals surface area contributed by atoms with Gasteiger partial charge in [0.25, 0.3) is 5.91 Å². The molecule has 0 aliphatic heterocycles. The van der Waals surface area contributed by atoms with Gasteiger partial charge in [0.2, 0.25) is 5.92 Å². The van der Waals surface area contributed by atoms with Crippen molar-refractivity contribution in [1.82, 2.24) is 15.1 Å². The van der Waals surface area contributed by atoms with Crippen molar-refractivity contribution in [3.05, 3.63) is 47.8 Å². The molecule has 0 saturated heterocycles. The van der Waals surface area contributed by atoms with Crippen LogP contribution in [-0.2, 0) is 6.54 Å². The molecule has 5 nitrogen and oxygen atoms in total. The summed E-state index contributed by atoms with van der Waals surface area (Å²) in [7, 11) is 0. The number of nitrogens with zero attached hydrogens (tertiary/aromatic N) is 2. The van der Waals surface area contributed by atoms with Crippen molar-refractivity contribution < 1.29 is 13.6 Å². The molecule has 2 aliphatic carbocycles. The summed E-state index contributed by atoms with van der Waals surface area (Å²) in [5, 5.41) is 10.6. The molecule has 150 valence electrons. The van der Waals surface area contributed by atoms with E-state index in [9.17, 15) is 13.6 Å². The van der Waals surface area contributed by atoms with Gasteiger partial charge in [0.05, 0.1) is 11.9 Å². The maximum absolute atomic E-state index is 13.3. The third-order valence-electron chi connectivity index (χ3n) is 5.75. The molecule has 0 radical (unpaired) electrons. The summed E-state index contributed by atoms with van der Waals surface area (Å²) in [6, 6.07) is 8.16. The van der Waals surface area contributed by atoms with E-state index in [0.717, 1.165) is 18.5 Å². The van der Waals surface area contributed by atoms with Crippen LogP contribution < -0.4 is 10.6 Å². The van der Waals surface area contributed by atoms with Crippen molar-refractivity contribution in [1.29, 1.82) is 0 Å². The molecule has 2 aliphatic rings. The summed E-state index contributed by atoms with van der Waals surface area (Å²) in [4.78, 5) is 12.5. The van der Waals surface area contributed by atoms with Crippen LogP contribution in [0.4, 0.5) is 14.5 Å². The molecule has 0 unspecified atom stereocenters. The van der Waals surface area contributed by atoms with E-state index in [2.05, 4.69) is 15.7 Å². The second kappa shape index (κ2) is 7.62. The first-order valence-electron chi connectivity index (χ1n) is 10.0. The van der Waals surface area contributed by atoms with Crippen molar-refractivity contribution >= 4 is 11.6 Å². The second-order valence-electron chi connectivity index (χ2n) is 7.91. The van der Waals surface area contributed by atoms with Crippen LogP contribution >= 0.6 is 0 Å². The lowest BCUT2D eigenvalue weighted by molar-refractivity contribution is -0.0405. The quantitative estimate of drug-likeness (QED) is 0.781. The number of hydrogen-bond donors (Lipinski definition) is 2. The normalized spacial score (nSPS) is 24.1.